The summed E-state index contributed by atoms with van der Waals surface area (Å²) in [6.07, 6.45) is 1.58. The van der Waals surface area contributed by atoms with E-state index in [1.807, 2.05) is 6.92 Å². The molecule has 3 rings (SSSR count). The van der Waals surface area contributed by atoms with Crippen LogP contribution in [0.25, 0.3) is 0 Å². The molecule has 0 amide bonds. The number of rotatable bonds is 6. The highest BCUT2D eigenvalue weighted by atomic mass is 35.5. The number of fused-ring (bicyclic) bond motifs is 1. The third-order valence-electron chi connectivity index (χ3n) is 4.08. The molecule has 0 fully saturated rings. The van der Waals surface area contributed by atoms with Crippen LogP contribution in [0.2, 0.25) is 5.02 Å². The minimum atomic E-state index is -1.08. The minimum Gasteiger partial charge on any atom is -0.481 e. The van der Waals surface area contributed by atoms with Crippen molar-refractivity contribution in [2.45, 2.75) is 42.7 Å². The Hall–Kier alpha value is -1.61. The van der Waals surface area contributed by atoms with Gasteiger partial charge < -0.3 is 15.5 Å². The second-order valence-corrected chi connectivity index (χ2v) is 8.73. The molecule has 1 aliphatic heterocycles. The number of carbonyl (C=O) groups is 2. The molecule has 9 heteroatoms. The van der Waals surface area contributed by atoms with E-state index in [1.165, 1.54) is 16.7 Å². The first-order valence-electron chi connectivity index (χ1n) is 8.85. The van der Waals surface area contributed by atoms with Gasteiger partial charge in [0.2, 0.25) is 0 Å². The topological polar surface area (TPSA) is 99.5 Å². The number of hydrogen-bond donors (Lipinski definition) is 3. The van der Waals surface area contributed by atoms with Crippen LogP contribution in [-0.4, -0.2) is 40.2 Å². The summed E-state index contributed by atoms with van der Waals surface area (Å²) in [6.45, 7) is 4.14. The van der Waals surface area contributed by atoms with Gasteiger partial charge in [-0.05, 0) is 55.6 Å². The van der Waals surface area contributed by atoms with Gasteiger partial charge >= 0.3 is 11.9 Å². The highest BCUT2D eigenvalue weighted by Crippen LogP contribution is 2.33. The molecule has 0 radical (unpaired) electrons. The Kier molecular flexibility index (Phi) is 9.24. The van der Waals surface area contributed by atoms with Gasteiger partial charge in [0.25, 0.3) is 0 Å². The van der Waals surface area contributed by atoms with Crippen LogP contribution in [0.1, 0.15) is 35.2 Å². The highest BCUT2D eigenvalue weighted by molar-refractivity contribution is 8.00. The van der Waals surface area contributed by atoms with Gasteiger partial charge in [0.1, 0.15) is 4.34 Å². The Bertz CT molecular complexity index is 812. The largest absolute Gasteiger partial charge is 0.481 e. The number of nitrogens with zero attached hydrogens (tertiary/aromatic N) is 1. The van der Waals surface area contributed by atoms with Crippen LogP contribution >= 0.6 is 34.7 Å². The number of carboxylic acids is 2. The van der Waals surface area contributed by atoms with Gasteiger partial charge in [0, 0.05) is 21.8 Å². The second kappa shape index (κ2) is 11.4. The van der Waals surface area contributed by atoms with Gasteiger partial charge in [0.15, 0.2) is 0 Å². The maximum atomic E-state index is 9.64. The smallest absolute Gasteiger partial charge is 0.303 e. The average molecular weight is 443 g/mol. The van der Waals surface area contributed by atoms with Crippen LogP contribution in [0.15, 0.2) is 21.9 Å². The Balaban J connectivity index is 0.000000300. The number of aryl methyl sites for hydroxylation is 1. The van der Waals surface area contributed by atoms with Crippen molar-refractivity contribution >= 4 is 46.6 Å². The van der Waals surface area contributed by atoms with E-state index in [0.29, 0.717) is 0 Å². The molecule has 3 N–H and O–H groups in total. The molecule has 0 atom stereocenters. The fourth-order valence-electron chi connectivity index (χ4n) is 2.72. The van der Waals surface area contributed by atoms with E-state index in [-0.39, 0.29) is 12.8 Å². The minimum absolute atomic E-state index is 0.296. The summed E-state index contributed by atoms with van der Waals surface area (Å²) in [7, 11) is 0. The maximum Gasteiger partial charge on any atom is 0.303 e. The number of halogens is 1. The van der Waals surface area contributed by atoms with Gasteiger partial charge in [-0.2, -0.15) is 0 Å². The summed E-state index contributed by atoms with van der Waals surface area (Å²) < 4.78 is 1.13. The van der Waals surface area contributed by atoms with Gasteiger partial charge in [-0.15, -0.1) is 11.3 Å². The molecular formula is C19H23ClN2O4S2. The predicted octanol–water partition coefficient (Wildman–Crippen LogP) is 4.02. The summed E-state index contributed by atoms with van der Waals surface area (Å²) in [5.41, 5.74) is 5.29. The van der Waals surface area contributed by atoms with Crippen molar-refractivity contribution in [3.63, 3.8) is 0 Å². The van der Waals surface area contributed by atoms with Crippen molar-refractivity contribution in [3.8, 4) is 0 Å². The lowest BCUT2D eigenvalue weighted by Gasteiger charge is -2.13. The fraction of sp³-hybridized carbons (Fsp3) is 0.421. The molecule has 2 heterocycles. The fourth-order valence-corrected chi connectivity index (χ4v) is 4.97. The van der Waals surface area contributed by atoms with Crippen LogP contribution in [0.5, 0.6) is 0 Å². The third-order valence-corrected chi connectivity index (χ3v) is 6.60. The number of thioether (sulfide) groups is 1. The lowest BCUT2D eigenvalue weighted by molar-refractivity contribution is -0.143. The molecule has 6 nitrogen and oxygen atoms in total. The normalized spacial score (nSPS) is 13.1. The lowest BCUT2D eigenvalue weighted by Crippen LogP contribution is -2.16. The van der Waals surface area contributed by atoms with E-state index in [0.717, 1.165) is 46.7 Å². The van der Waals surface area contributed by atoms with E-state index < -0.39 is 11.9 Å². The molecule has 1 aromatic heterocycles. The van der Waals surface area contributed by atoms with Gasteiger partial charge in [-0.1, -0.05) is 29.4 Å². The molecule has 0 bridgehead atoms. The summed E-state index contributed by atoms with van der Waals surface area (Å²) in [6, 6.07) is 4.24. The molecule has 0 spiro atoms. The van der Waals surface area contributed by atoms with Crippen LogP contribution in [-0.2, 0) is 28.2 Å². The Morgan fingerprint density at radius 2 is 1.89 bits per heavy atom. The average Bonchev–Trinajstić information content (AvgIpc) is 2.91. The van der Waals surface area contributed by atoms with Crippen molar-refractivity contribution in [1.29, 1.82) is 0 Å². The number of aromatic nitrogens is 1. The number of hydrogen-bond acceptors (Lipinski definition) is 6. The zero-order valence-corrected chi connectivity index (χ0v) is 17.9. The highest BCUT2D eigenvalue weighted by Gasteiger charge is 2.15. The van der Waals surface area contributed by atoms with E-state index in [9.17, 15) is 9.59 Å². The van der Waals surface area contributed by atoms with E-state index >= 15 is 0 Å². The predicted molar refractivity (Wildman–Crippen MR) is 113 cm³/mol. The number of carboxylic acid groups (broad SMARTS) is 2. The first-order valence-corrected chi connectivity index (χ1v) is 11.1. The molecule has 0 saturated heterocycles. The Morgan fingerprint density at radius 3 is 2.50 bits per heavy atom. The zero-order valence-electron chi connectivity index (χ0n) is 15.5. The molecule has 2 aromatic rings. The first kappa shape index (κ1) is 22.7. The van der Waals surface area contributed by atoms with Crippen molar-refractivity contribution in [2.75, 3.05) is 13.1 Å². The van der Waals surface area contributed by atoms with Crippen molar-refractivity contribution < 1.29 is 19.8 Å². The number of nitrogens with one attached hydrogen (secondary N) is 1. The van der Waals surface area contributed by atoms with Crippen LogP contribution in [0.4, 0.5) is 0 Å². The Morgan fingerprint density at radius 1 is 1.21 bits per heavy atom. The van der Waals surface area contributed by atoms with Crippen LogP contribution in [0, 0.1) is 6.92 Å². The van der Waals surface area contributed by atoms with Gasteiger partial charge in [0.05, 0.1) is 12.8 Å². The standard InChI is InChI=1S/C15H17ClN2S2.C4H6O4/c1-10-8-19-15(18-10)20-9-13-12-5-7-17-6-4-11(12)2-3-14(13)16;5-3(6)1-2-4(7)8/h2-3,8,17H,4-7,9H2,1H3;1-2H2,(H,5,6)(H,7,8). The molecule has 0 unspecified atom stereocenters. The van der Waals surface area contributed by atoms with E-state index in [4.69, 9.17) is 21.8 Å². The SMILES string of the molecule is Cc1csc(SCc2c(Cl)ccc3c2CCNCC3)n1.O=C(O)CCC(=O)O. The summed E-state index contributed by atoms with van der Waals surface area (Å²) in [4.78, 5) is 23.8. The number of benzene rings is 1. The molecule has 28 heavy (non-hydrogen) atoms. The molecule has 0 aliphatic carbocycles. The van der Waals surface area contributed by atoms with Gasteiger partial charge in [-0.25, -0.2) is 4.98 Å². The third kappa shape index (κ3) is 7.43. The van der Waals surface area contributed by atoms with Crippen LogP contribution in [0.3, 0.4) is 0 Å². The number of aliphatic carboxylic acids is 2. The monoisotopic (exact) mass is 442 g/mol. The molecule has 0 saturated carbocycles. The summed E-state index contributed by atoms with van der Waals surface area (Å²) in [5, 5.41) is 22.2. The second-order valence-electron chi connectivity index (χ2n) is 6.24. The molecule has 1 aliphatic rings. The molecular weight excluding hydrogens is 420 g/mol. The van der Waals surface area contributed by atoms with Crippen LogP contribution < -0.4 is 5.32 Å². The zero-order chi connectivity index (χ0) is 20.5. The van der Waals surface area contributed by atoms with Gasteiger partial charge in [-0.3, -0.25) is 9.59 Å². The van der Waals surface area contributed by atoms with Crippen molar-refractivity contribution in [3.05, 3.63) is 44.9 Å². The quantitative estimate of drug-likeness (QED) is 0.581. The lowest BCUT2D eigenvalue weighted by atomic mass is 9.98. The van der Waals surface area contributed by atoms with E-state index in [2.05, 4.69) is 27.8 Å². The maximum absolute atomic E-state index is 9.64. The summed E-state index contributed by atoms with van der Waals surface area (Å²) in [5.74, 6) is -1.24. The Labute approximate surface area is 177 Å². The summed E-state index contributed by atoms with van der Waals surface area (Å²) >= 11 is 9.94. The molecule has 1 aromatic carbocycles. The first-order chi connectivity index (χ1) is 13.4. The molecule has 152 valence electrons. The van der Waals surface area contributed by atoms with Crippen molar-refractivity contribution in [2.24, 2.45) is 0 Å². The number of thiazole rings is 1. The van der Waals surface area contributed by atoms with Crippen molar-refractivity contribution in [1.82, 2.24) is 10.3 Å². The van der Waals surface area contributed by atoms with E-state index in [1.54, 1.807) is 23.1 Å².